The minimum Gasteiger partial charge on any atom is -0.494 e. The number of carbonyl (C=O) groups excluding carboxylic acids is 1. The summed E-state index contributed by atoms with van der Waals surface area (Å²) in [5.74, 6) is 2.58. The number of rotatable bonds is 9. The minimum absolute atomic E-state index is 0.0367. The van der Waals surface area contributed by atoms with Gasteiger partial charge in [0.05, 0.1) is 17.6 Å². The molecule has 5 nitrogen and oxygen atoms in total. The summed E-state index contributed by atoms with van der Waals surface area (Å²) < 4.78 is 8.32. The standard InChI is InChI=1S/C30H32ClN3O2/c1-3-21(2)22-9-15-26(16-10-22)36-18-6-17-33-28-8-5-4-7-27(28)32-30(33)23-19-29(35)34(20-23)25-13-11-24(31)12-14-25/h4-5,7-16,21,23H,3,6,17-20H2,1-2H3. The van der Waals surface area contributed by atoms with Crippen LogP contribution in [0.4, 0.5) is 5.69 Å². The molecule has 0 saturated carbocycles. The quantitative estimate of drug-likeness (QED) is 0.228. The van der Waals surface area contributed by atoms with Crippen LogP contribution in [0.5, 0.6) is 5.75 Å². The fourth-order valence-electron chi connectivity index (χ4n) is 4.93. The van der Waals surface area contributed by atoms with E-state index in [1.165, 1.54) is 5.56 Å². The van der Waals surface area contributed by atoms with E-state index in [1.54, 1.807) is 0 Å². The fraction of sp³-hybridized carbons (Fsp3) is 0.333. The van der Waals surface area contributed by atoms with Gasteiger partial charge in [-0.2, -0.15) is 0 Å². The molecule has 1 saturated heterocycles. The lowest BCUT2D eigenvalue weighted by molar-refractivity contribution is -0.117. The van der Waals surface area contributed by atoms with Crippen LogP contribution in [0.3, 0.4) is 0 Å². The highest BCUT2D eigenvalue weighted by molar-refractivity contribution is 6.30. The number of aromatic nitrogens is 2. The Morgan fingerprint density at radius 2 is 1.81 bits per heavy atom. The van der Waals surface area contributed by atoms with Gasteiger partial charge in [-0.05, 0) is 72.9 Å². The van der Waals surface area contributed by atoms with Crippen molar-refractivity contribution in [3.63, 3.8) is 0 Å². The lowest BCUT2D eigenvalue weighted by Crippen LogP contribution is -2.24. The molecule has 0 radical (unpaired) electrons. The van der Waals surface area contributed by atoms with Crippen molar-refractivity contribution in [3.05, 3.63) is 89.2 Å². The number of halogens is 1. The van der Waals surface area contributed by atoms with Crippen molar-refractivity contribution in [3.8, 4) is 5.75 Å². The molecule has 0 bridgehead atoms. The molecule has 1 aromatic heterocycles. The SMILES string of the molecule is CCC(C)c1ccc(OCCCn2c(C3CC(=O)N(c4ccc(Cl)cc4)C3)nc3ccccc32)cc1. The van der Waals surface area contributed by atoms with Crippen molar-refractivity contribution in [2.45, 2.75) is 51.5 Å². The van der Waals surface area contributed by atoms with Crippen LogP contribution in [0.1, 0.15) is 56.3 Å². The maximum Gasteiger partial charge on any atom is 0.227 e. The maximum atomic E-state index is 12.9. The molecule has 1 fully saturated rings. The van der Waals surface area contributed by atoms with Crippen LogP contribution in [-0.2, 0) is 11.3 Å². The molecule has 2 atom stereocenters. The smallest absolute Gasteiger partial charge is 0.227 e. The summed E-state index contributed by atoms with van der Waals surface area (Å²) in [6.07, 6.45) is 2.43. The highest BCUT2D eigenvalue weighted by Gasteiger charge is 2.34. The van der Waals surface area contributed by atoms with Gasteiger partial charge < -0.3 is 14.2 Å². The molecule has 0 N–H and O–H groups in total. The number of benzene rings is 3. The topological polar surface area (TPSA) is 47.4 Å². The predicted molar refractivity (Wildman–Crippen MR) is 146 cm³/mol. The highest BCUT2D eigenvalue weighted by atomic mass is 35.5. The number of hydrogen-bond donors (Lipinski definition) is 0. The largest absolute Gasteiger partial charge is 0.494 e. The van der Waals surface area contributed by atoms with E-state index in [2.05, 4.69) is 48.7 Å². The van der Waals surface area contributed by atoms with Gasteiger partial charge in [-0.3, -0.25) is 4.79 Å². The van der Waals surface area contributed by atoms with E-state index in [0.29, 0.717) is 30.5 Å². The Kier molecular flexibility index (Phi) is 7.28. The Morgan fingerprint density at radius 3 is 2.56 bits per heavy atom. The third kappa shape index (κ3) is 5.12. The first-order valence-corrected chi connectivity index (χ1v) is 13.1. The van der Waals surface area contributed by atoms with E-state index in [4.69, 9.17) is 21.3 Å². The number of ether oxygens (including phenoxy) is 1. The van der Waals surface area contributed by atoms with E-state index in [9.17, 15) is 4.79 Å². The fourth-order valence-corrected chi connectivity index (χ4v) is 5.06. The number of anilines is 1. The monoisotopic (exact) mass is 501 g/mol. The maximum absolute atomic E-state index is 12.9. The van der Waals surface area contributed by atoms with E-state index in [-0.39, 0.29) is 11.8 Å². The van der Waals surface area contributed by atoms with E-state index in [0.717, 1.165) is 47.7 Å². The molecule has 4 aromatic rings. The van der Waals surface area contributed by atoms with Crippen LogP contribution >= 0.6 is 11.6 Å². The molecule has 0 aliphatic carbocycles. The first-order valence-electron chi connectivity index (χ1n) is 12.8. The van der Waals surface area contributed by atoms with Gasteiger partial charge in [0.1, 0.15) is 11.6 Å². The van der Waals surface area contributed by atoms with Gasteiger partial charge in [-0.1, -0.05) is 49.7 Å². The van der Waals surface area contributed by atoms with E-state index in [1.807, 2.05) is 47.4 Å². The Morgan fingerprint density at radius 1 is 1.06 bits per heavy atom. The van der Waals surface area contributed by atoms with Crippen molar-refractivity contribution in [2.24, 2.45) is 0 Å². The van der Waals surface area contributed by atoms with Gasteiger partial charge in [0.2, 0.25) is 5.91 Å². The summed E-state index contributed by atoms with van der Waals surface area (Å²) in [5.41, 5.74) is 4.29. The van der Waals surface area contributed by atoms with Crippen LogP contribution in [0.15, 0.2) is 72.8 Å². The predicted octanol–water partition coefficient (Wildman–Crippen LogP) is 7.19. The van der Waals surface area contributed by atoms with Crippen LogP contribution < -0.4 is 9.64 Å². The molecule has 2 unspecified atom stereocenters. The van der Waals surface area contributed by atoms with Crippen molar-refractivity contribution in [2.75, 3.05) is 18.1 Å². The first kappa shape index (κ1) is 24.4. The molecule has 36 heavy (non-hydrogen) atoms. The van der Waals surface area contributed by atoms with Gasteiger partial charge in [0, 0.05) is 36.1 Å². The average molecular weight is 502 g/mol. The normalized spacial score (nSPS) is 16.6. The van der Waals surface area contributed by atoms with E-state index < -0.39 is 0 Å². The van der Waals surface area contributed by atoms with Gasteiger partial charge in [-0.25, -0.2) is 4.98 Å². The highest BCUT2D eigenvalue weighted by Crippen LogP contribution is 2.34. The zero-order valence-electron chi connectivity index (χ0n) is 20.9. The van der Waals surface area contributed by atoms with Crippen LogP contribution in [0.25, 0.3) is 11.0 Å². The van der Waals surface area contributed by atoms with Gasteiger partial charge in [0.15, 0.2) is 0 Å². The van der Waals surface area contributed by atoms with E-state index >= 15 is 0 Å². The number of imidazole rings is 1. The summed E-state index contributed by atoms with van der Waals surface area (Å²) in [5, 5.41) is 0.664. The molecule has 6 heteroatoms. The van der Waals surface area contributed by atoms with Crippen molar-refractivity contribution in [1.29, 1.82) is 0 Å². The van der Waals surface area contributed by atoms with Gasteiger partial charge >= 0.3 is 0 Å². The number of amides is 1. The van der Waals surface area contributed by atoms with Crippen LogP contribution in [-0.4, -0.2) is 28.6 Å². The number of aryl methyl sites for hydroxylation is 1. The lowest BCUT2D eigenvalue weighted by atomic mass is 9.99. The Labute approximate surface area is 217 Å². The van der Waals surface area contributed by atoms with Crippen molar-refractivity contribution < 1.29 is 9.53 Å². The first-order chi connectivity index (χ1) is 17.5. The average Bonchev–Trinajstić information content (AvgIpc) is 3.47. The number of hydrogen-bond acceptors (Lipinski definition) is 3. The molecular formula is C30H32ClN3O2. The number of fused-ring (bicyclic) bond motifs is 1. The molecule has 2 heterocycles. The zero-order chi connectivity index (χ0) is 25.1. The molecular weight excluding hydrogens is 470 g/mol. The molecule has 3 aromatic carbocycles. The third-order valence-corrected chi connectivity index (χ3v) is 7.42. The summed E-state index contributed by atoms with van der Waals surface area (Å²) in [7, 11) is 0. The van der Waals surface area contributed by atoms with Gasteiger partial charge in [0.25, 0.3) is 0 Å². The molecule has 1 amide bonds. The van der Waals surface area contributed by atoms with Crippen molar-refractivity contribution >= 4 is 34.2 Å². The lowest BCUT2D eigenvalue weighted by Gasteiger charge is -2.17. The molecule has 0 spiro atoms. The second kappa shape index (κ2) is 10.8. The summed E-state index contributed by atoms with van der Waals surface area (Å²) in [6.45, 7) is 6.47. The Balaban J connectivity index is 1.28. The number of carbonyl (C=O) groups is 1. The summed E-state index contributed by atoms with van der Waals surface area (Å²) in [4.78, 5) is 19.7. The Hall–Kier alpha value is -3.31. The minimum atomic E-state index is 0.0367. The van der Waals surface area contributed by atoms with Crippen LogP contribution in [0, 0.1) is 0 Å². The number of nitrogens with zero attached hydrogens (tertiary/aromatic N) is 3. The van der Waals surface area contributed by atoms with Gasteiger partial charge in [-0.15, -0.1) is 0 Å². The third-order valence-electron chi connectivity index (χ3n) is 7.17. The molecule has 5 rings (SSSR count). The Bertz CT molecular complexity index is 1330. The molecule has 186 valence electrons. The van der Waals surface area contributed by atoms with Crippen molar-refractivity contribution in [1.82, 2.24) is 9.55 Å². The summed E-state index contributed by atoms with van der Waals surface area (Å²) in [6, 6.07) is 24.1. The van der Waals surface area contributed by atoms with Crippen LogP contribution in [0.2, 0.25) is 5.02 Å². The molecule has 1 aliphatic rings. The summed E-state index contributed by atoms with van der Waals surface area (Å²) >= 11 is 6.04. The second-order valence-electron chi connectivity index (χ2n) is 9.57. The zero-order valence-corrected chi connectivity index (χ0v) is 21.6. The number of para-hydroxylation sites is 2. The second-order valence-corrected chi connectivity index (χ2v) is 10.0. The molecule has 1 aliphatic heterocycles.